The van der Waals surface area contributed by atoms with Crippen LogP contribution in [-0.4, -0.2) is 30.4 Å². The van der Waals surface area contributed by atoms with E-state index in [4.69, 9.17) is 4.74 Å². The number of aryl methyl sites for hydroxylation is 3. The molecule has 8 nitrogen and oxygen atoms in total. The van der Waals surface area contributed by atoms with E-state index in [1.807, 2.05) is 19.9 Å². The average Bonchev–Trinajstić information content (AvgIpc) is 2.68. The molecule has 3 rings (SSSR count). The van der Waals surface area contributed by atoms with Crippen LogP contribution in [0.3, 0.4) is 0 Å². The van der Waals surface area contributed by atoms with E-state index in [9.17, 15) is 19.2 Å². The highest BCUT2D eigenvalue weighted by atomic mass is 16.5. The Labute approximate surface area is 167 Å². The summed E-state index contributed by atoms with van der Waals surface area (Å²) in [5.41, 5.74) is 4.41. The predicted molar refractivity (Wildman–Crippen MR) is 107 cm³/mol. The third kappa shape index (κ3) is 5.19. The largest absolute Gasteiger partial charge is 0.452 e. The van der Waals surface area contributed by atoms with Crippen LogP contribution in [0.4, 0.5) is 16.2 Å². The molecule has 0 aromatic heterocycles. The summed E-state index contributed by atoms with van der Waals surface area (Å²) in [6, 6.07) is 9.43. The number of ether oxygens (including phenoxy) is 1. The van der Waals surface area contributed by atoms with Gasteiger partial charge in [-0.3, -0.25) is 14.9 Å². The SMILES string of the molecule is Cc1ccc(NC(=O)NC(=O)COC(=O)c2ccc3c(c2)CCC(=O)N3)cc1C. The van der Waals surface area contributed by atoms with E-state index < -0.39 is 24.5 Å². The smallest absolute Gasteiger partial charge is 0.338 e. The van der Waals surface area contributed by atoms with Gasteiger partial charge in [-0.2, -0.15) is 0 Å². The maximum atomic E-state index is 12.2. The van der Waals surface area contributed by atoms with E-state index in [0.717, 1.165) is 16.7 Å². The second kappa shape index (κ2) is 8.55. The highest BCUT2D eigenvalue weighted by molar-refractivity contribution is 6.02. The lowest BCUT2D eigenvalue weighted by Gasteiger charge is -2.17. The minimum Gasteiger partial charge on any atom is -0.452 e. The first-order valence-electron chi connectivity index (χ1n) is 9.10. The summed E-state index contributed by atoms with van der Waals surface area (Å²) < 4.78 is 4.97. The number of esters is 1. The minimum atomic E-state index is -0.745. The fraction of sp³-hybridized carbons (Fsp3) is 0.238. The van der Waals surface area contributed by atoms with Crippen molar-refractivity contribution in [2.75, 3.05) is 17.2 Å². The summed E-state index contributed by atoms with van der Waals surface area (Å²) in [6.45, 7) is 3.28. The number of fused-ring (bicyclic) bond motifs is 1. The normalized spacial score (nSPS) is 12.4. The standard InChI is InChI=1S/C21H21N3O5/c1-12-3-6-16(9-13(12)2)22-21(28)24-19(26)11-29-20(27)15-4-7-17-14(10-15)5-8-18(25)23-17/h3-4,6-7,9-10H,5,8,11H2,1-2H3,(H,23,25)(H2,22,24,26,28). The molecule has 8 heteroatoms. The van der Waals surface area contributed by atoms with Gasteiger partial charge in [0.15, 0.2) is 6.61 Å². The summed E-state index contributed by atoms with van der Waals surface area (Å²) in [6.07, 6.45) is 0.880. The third-order valence-electron chi connectivity index (χ3n) is 4.59. The van der Waals surface area contributed by atoms with Crippen LogP contribution in [0, 0.1) is 13.8 Å². The highest BCUT2D eigenvalue weighted by Gasteiger charge is 2.18. The summed E-state index contributed by atoms with van der Waals surface area (Å²) >= 11 is 0. The van der Waals surface area contributed by atoms with Crippen molar-refractivity contribution in [3.05, 3.63) is 58.7 Å². The second-order valence-corrected chi connectivity index (χ2v) is 6.80. The molecule has 0 fully saturated rings. The van der Waals surface area contributed by atoms with Crippen molar-refractivity contribution in [3.63, 3.8) is 0 Å². The molecule has 2 aromatic carbocycles. The Balaban J connectivity index is 1.49. The Hall–Kier alpha value is -3.68. The van der Waals surface area contributed by atoms with Gasteiger partial charge in [-0.1, -0.05) is 6.07 Å². The summed E-state index contributed by atoms with van der Waals surface area (Å²) in [7, 11) is 0. The number of nitrogens with one attached hydrogen (secondary N) is 3. The van der Waals surface area contributed by atoms with Gasteiger partial charge in [0.05, 0.1) is 5.56 Å². The molecule has 150 valence electrons. The van der Waals surface area contributed by atoms with E-state index in [1.165, 1.54) is 6.07 Å². The van der Waals surface area contributed by atoms with Crippen LogP contribution in [0.25, 0.3) is 0 Å². The Kier molecular flexibility index (Phi) is 5.92. The quantitative estimate of drug-likeness (QED) is 0.689. The first kappa shape index (κ1) is 20.1. The Bertz CT molecular complexity index is 1000. The zero-order chi connectivity index (χ0) is 21.0. The zero-order valence-corrected chi connectivity index (χ0v) is 16.1. The molecule has 29 heavy (non-hydrogen) atoms. The van der Waals surface area contributed by atoms with Gasteiger partial charge in [0.25, 0.3) is 5.91 Å². The van der Waals surface area contributed by atoms with Crippen molar-refractivity contribution < 1.29 is 23.9 Å². The molecule has 1 heterocycles. The number of benzene rings is 2. The predicted octanol–water partition coefficient (Wildman–Crippen LogP) is 2.69. The molecule has 0 aliphatic carbocycles. The second-order valence-electron chi connectivity index (χ2n) is 6.80. The highest BCUT2D eigenvalue weighted by Crippen LogP contribution is 2.23. The Morgan fingerprint density at radius 2 is 1.83 bits per heavy atom. The monoisotopic (exact) mass is 395 g/mol. The topological polar surface area (TPSA) is 114 Å². The molecule has 1 aliphatic heterocycles. The lowest BCUT2D eigenvalue weighted by molar-refractivity contribution is -0.123. The van der Waals surface area contributed by atoms with E-state index in [-0.39, 0.29) is 11.5 Å². The number of anilines is 2. The molecular weight excluding hydrogens is 374 g/mol. The number of carbonyl (C=O) groups excluding carboxylic acids is 4. The van der Waals surface area contributed by atoms with Crippen molar-refractivity contribution >= 4 is 35.2 Å². The summed E-state index contributed by atoms with van der Waals surface area (Å²) in [4.78, 5) is 47.3. The first-order valence-corrected chi connectivity index (χ1v) is 9.10. The molecule has 0 atom stereocenters. The third-order valence-corrected chi connectivity index (χ3v) is 4.59. The van der Waals surface area contributed by atoms with Gasteiger partial charge in [0, 0.05) is 17.8 Å². The van der Waals surface area contributed by atoms with E-state index >= 15 is 0 Å². The minimum absolute atomic E-state index is 0.0661. The van der Waals surface area contributed by atoms with Crippen molar-refractivity contribution in [1.82, 2.24) is 5.32 Å². The van der Waals surface area contributed by atoms with Gasteiger partial charge in [0.1, 0.15) is 0 Å². The number of imide groups is 1. The van der Waals surface area contributed by atoms with Crippen molar-refractivity contribution in [2.45, 2.75) is 26.7 Å². The fourth-order valence-electron chi connectivity index (χ4n) is 2.87. The van der Waals surface area contributed by atoms with E-state index in [1.54, 1.807) is 24.3 Å². The summed E-state index contributed by atoms with van der Waals surface area (Å²) in [5.74, 6) is -1.50. The Morgan fingerprint density at radius 3 is 2.59 bits per heavy atom. The van der Waals surface area contributed by atoms with E-state index in [0.29, 0.717) is 24.2 Å². The molecule has 0 spiro atoms. The van der Waals surface area contributed by atoms with Crippen molar-refractivity contribution in [3.8, 4) is 0 Å². The molecular formula is C21H21N3O5. The number of carbonyl (C=O) groups is 4. The average molecular weight is 395 g/mol. The molecule has 2 aromatic rings. The lowest BCUT2D eigenvalue weighted by Crippen LogP contribution is -2.37. The number of hydrogen-bond acceptors (Lipinski definition) is 5. The first-order chi connectivity index (χ1) is 13.8. The Morgan fingerprint density at radius 1 is 1.03 bits per heavy atom. The number of hydrogen-bond donors (Lipinski definition) is 3. The maximum absolute atomic E-state index is 12.2. The van der Waals surface area contributed by atoms with Gasteiger partial charge < -0.3 is 15.4 Å². The maximum Gasteiger partial charge on any atom is 0.338 e. The molecule has 1 aliphatic rings. The van der Waals surface area contributed by atoms with Crippen LogP contribution in [-0.2, 0) is 20.7 Å². The number of urea groups is 1. The van der Waals surface area contributed by atoms with Gasteiger partial charge in [-0.25, -0.2) is 9.59 Å². The van der Waals surface area contributed by atoms with Crippen LogP contribution in [0.1, 0.15) is 33.5 Å². The van der Waals surface area contributed by atoms with Crippen LogP contribution < -0.4 is 16.0 Å². The molecule has 4 amide bonds. The van der Waals surface area contributed by atoms with Gasteiger partial charge in [0.2, 0.25) is 5.91 Å². The zero-order valence-electron chi connectivity index (χ0n) is 16.1. The number of rotatable bonds is 4. The molecule has 0 saturated carbocycles. The molecule has 0 bridgehead atoms. The molecule has 0 radical (unpaired) electrons. The van der Waals surface area contributed by atoms with Gasteiger partial charge >= 0.3 is 12.0 Å². The van der Waals surface area contributed by atoms with Crippen LogP contribution in [0.2, 0.25) is 0 Å². The fourth-order valence-corrected chi connectivity index (χ4v) is 2.87. The molecule has 3 N–H and O–H groups in total. The van der Waals surface area contributed by atoms with Crippen LogP contribution in [0.15, 0.2) is 36.4 Å². The van der Waals surface area contributed by atoms with E-state index in [2.05, 4.69) is 16.0 Å². The number of amides is 4. The van der Waals surface area contributed by atoms with Crippen LogP contribution in [0.5, 0.6) is 0 Å². The van der Waals surface area contributed by atoms with Crippen LogP contribution >= 0.6 is 0 Å². The van der Waals surface area contributed by atoms with Gasteiger partial charge in [-0.15, -0.1) is 0 Å². The van der Waals surface area contributed by atoms with Gasteiger partial charge in [-0.05, 0) is 67.3 Å². The lowest BCUT2D eigenvalue weighted by atomic mass is 10.0. The molecule has 0 saturated heterocycles. The van der Waals surface area contributed by atoms with Crippen molar-refractivity contribution in [1.29, 1.82) is 0 Å². The van der Waals surface area contributed by atoms with Crippen molar-refractivity contribution in [2.24, 2.45) is 0 Å². The summed E-state index contributed by atoms with van der Waals surface area (Å²) in [5, 5.41) is 7.39. The molecule has 0 unspecified atom stereocenters.